The Labute approximate surface area is 281 Å². The highest BCUT2D eigenvalue weighted by Gasteiger charge is 2.67. The van der Waals surface area contributed by atoms with Gasteiger partial charge in [0.1, 0.15) is 6.10 Å². The summed E-state index contributed by atoms with van der Waals surface area (Å²) in [5.41, 5.74) is 3.79. The zero-order valence-electron chi connectivity index (χ0n) is 28.5. The van der Waals surface area contributed by atoms with Gasteiger partial charge in [-0.2, -0.15) is 0 Å². The van der Waals surface area contributed by atoms with E-state index in [2.05, 4.69) is 53.1 Å². The van der Waals surface area contributed by atoms with Gasteiger partial charge in [-0.25, -0.2) is 0 Å². The summed E-state index contributed by atoms with van der Waals surface area (Å²) >= 11 is 0. The summed E-state index contributed by atoms with van der Waals surface area (Å²) in [5, 5.41) is 10.2. The third kappa shape index (κ3) is 6.35. The van der Waals surface area contributed by atoms with Crippen LogP contribution in [0.1, 0.15) is 108 Å². The van der Waals surface area contributed by atoms with Crippen molar-refractivity contribution in [1.29, 1.82) is 0 Å². The third-order valence-corrected chi connectivity index (χ3v) is 12.2. The van der Waals surface area contributed by atoms with Crippen LogP contribution in [0.3, 0.4) is 0 Å². The highest BCUT2D eigenvalue weighted by Crippen LogP contribution is 2.64. The zero-order valence-corrected chi connectivity index (χ0v) is 28.5. The Balaban J connectivity index is 1.08. The number of aliphatic hydroxyl groups excluding tert-OH is 1. The SMILES string of the molecule is CCCCN(C(=O)CCCCCCCc1ccccc1)[C@@H]1CC[C@H]2[C@H]3Cc4ccc(OC(C)=O)c5c4[C@@]2(CCN3CC2CC2O)[C@H]1O5. The average Bonchev–Trinajstić information content (AvgIpc) is 3.65. The molecule has 0 aromatic heterocycles. The van der Waals surface area contributed by atoms with Gasteiger partial charge >= 0.3 is 5.97 Å². The topological polar surface area (TPSA) is 79.3 Å². The van der Waals surface area contributed by atoms with Crippen molar-refractivity contribution in [3.8, 4) is 11.5 Å². The Morgan fingerprint density at radius 2 is 1.83 bits per heavy atom. The van der Waals surface area contributed by atoms with Crippen molar-refractivity contribution in [1.82, 2.24) is 9.80 Å². The van der Waals surface area contributed by atoms with Crippen LogP contribution < -0.4 is 9.47 Å². The van der Waals surface area contributed by atoms with Crippen molar-refractivity contribution in [2.45, 2.75) is 133 Å². The number of piperidine rings is 1. The number of rotatable bonds is 15. The second kappa shape index (κ2) is 13.9. The molecule has 47 heavy (non-hydrogen) atoms. The average molecular weight is 643 g/mol. The Morgan fingerprint density at radius 3 is 2.60 bits per heavy atom. The van der Waals surface area contributed by atoms with E-state index in [4.69, 9.17) is 9.47 Å². The van der Waals surface area contributed by atoms with Crippen molar-refractivity contribution in [2.24, 2.45) is 11.8 Å². The Bertz CT molecular complexity index is 1430. The molecule has 5 aliphatic rings. The predicted octanol–water partition coefficient (Wildman–Crippen LogP) is 6.61. The van der Waals surface area contributed by atoms with Crippen LogP contribution >= 0.6 is 0 Å². The van der Waals surface area contributed by atoms with Gasteiger partial charge < -0.3 is 19.5 Å². The van der Waals surface area contributed by atoms with Gasteiger partial charge in [0.25, 0.3) is 0 Å². The molecule has 2 aromatic carbocycles. The first kappa shape index (κ1) is 32.6. The maximum absolute atomic E-state index is 14.1. The van der Waals surface area contributed by atoms with Gasteiger partial charge in [0.2, 0.25) is 5.91 Å². The van der Waals surface area contributed by atoms with Crippen LogP contribution in [0, 0.1) is 11.8 Å². The first-order valence-corrected chi connectivity index (χ1v) is 18.7. The molecule has 0 radical (unpaired) electrons. The number of carbonyl (C=O) groups is 2. The fraction of sp³-hybridized carbons (Fsp3) is 0.650. The van der Waals surface area contributed by atoms with Gasteiger partial charge in [-0.05, 0) is 87.4 Å². The number of nitrogens with zero attached hydrogens (tertiary/aromatic N) is 2. The van der Waals surface area contributed by atoms with E-state index in [0.717, 1.165) is 89.6 Å². The van der Waals surface area contributed by atoms with Gasteiger partial charge in [-0.1, -0.05) is 69.0 Å². The minimum Gasteiger partial charge on any atom is -0.483 e. The maximum atomic E-state index is 14.1. The van der Waals surface area contributed by atoms with Crippen LogP contribution in [0.4, 0.5) is 0 Å². The van der Waals surface area contributed by atoms with Crippen molar-refractivity contribution in [2.75, 3.05) is 19.6 Å². The number of unbranched alkanes of at least 4 members (excludes halogenated alkanes) is 5. The molecule has 2 aliphatic heterocycles. The molecule has 7 nitrogen and oxygen atoms in total. The number of carbonyl (C=O) groups excluding carboxylic acids is 2. The fourth-order valence-electron chi connectivity index (χ4n) is 9.83. The summed E-state index contributed by atoms with van der Waals surface area (Å²) in [6, 6.07) is 15.2. The number of hydrogen-bond donors (Lipinski definition) is 1. The summed E-state index contributed by atoms with van der Waals surface area (Å²) in [6.45, 7) is 6.36. The Hall–Kier alpha value is -2.90. The van der Waals surface area contributed by atoms with E-state index in [9.17, 15) is 14.7 Å². The second-order valence-corrected chi connectivity index (χ2v) is 15.1. The molecule has 2 aromatic rings. The number of amides is 1. The highest BCUT2D eigenvalue weighted by atomic mass is 16.6. The van der Waals surface area contributed by atoms with E-state index in [1.807, 2.05) is 6.07 Å². The van der Waals surface area contributed by atoms with E-state index >= 15 is 0 Å². The Morgan fingerprint density at radius 1 is 1.04 bits per heavy atom. The van der Waals surface area contributed by atoms with Crippen LogP contribution in [0.25, 0.3) is 0 Å². The van der Waals surface area contributed by atoms with Gasteiger partial charge in [-0.3, -0.25) is 14.5 Å². The summed E-state index contributed by atoms with van der Waals surface area (Å²) in [7, 11) is 0. The van der Waals surface area contributed by atoms with Crippen LogP contribution in [0.2, 0.25) is 0 Å². The second-order valence-electron chi connectivity index (χ2n) is 15.1. The number of ether oxygens (including phenoxy) is 2. The molecule has 254 valence electrons. The lowest BCUT2D eigenvalue weighted by Crippen LogP contribution is -2.69. The van der Waals surface area contributed by atoms with Crippen LogP contribution in [-0.4, -0.2) is 70.7 Å². The first-order valence-electron chi connectivity index (χ1n) is 18.7. The van der Waals surface area contributed by atoms with E-state index < -0.39 is 0 Å². The minimum atomic E-state index is -0.336. The minimum absolute atomic E-state index is 0.0113. The van der Waals surface area contributed by atoms with Crippen molar-refractivity contribution < 1.29 is 24.2 Å². The number of benzene rings is 2. The molecule has 3 fully saturated rings. The van der Waals surface area contributed by atoms with E-state index in [1.165, 1.54) is 42.9 Å². The molecule has 2 saturated carbocycles. The monoisotopic (exact) mass is 642 g/mol. The van der Waals surface area contributed by atoms with E-state index in [-0.39, 0.29) is 35.5 Å². The molecule has 7 rings (SSSR count). The number of hydrogen-bond acceptors (Lipinski definition) is 6. The van der Waals surface area contributed by atoms with Crippen LogP contribution in [-0.2, 0) is 27.8 Å². The van der Waals surface area contributed by atoms with Gasteiger partial charge in [0.05, 0.1) is 12.1 Å². The lowest BCUT2D eigenvalue weighted by atomic mass is 9.51. The lowest BCUT2D eigenvalue weighted by Gasteiger charge is -2.60. The smallest absolute Gasteiger partial charge is 0.308 e. The van der Waals surface area contributed by atoms with Gasteiger partial charge in [0, 0.05) is 49.4 Å². The molecule has 1 saturated heterocycles. The quantitative estimate of drug-likeness (QED) is 0.134. The number of likely N-dealkylation sites (tertiary alicyclic amines) is 1. The molecule has 1 spiro atoms. The molecule has 2 unspecified atom stereocenters. The molecule has 2 bridgehead atoms. The van der Waals surface area contributed by atoms with Crippen LogP contribution in [0.5, 0.6) is 11.5 Å². The molecular weight excluding hydrogens is 588 g/mol. The van der Waals surface area contributed by atoms with E-state index in [1.54, 1.807) is 0 Å². The summed E-state index contributed by atoms with van der Waals surface area (Å²) in [5.74, 6) is 2.03. The lowest BCUT2D eigenvalue weighted by molar-refractivity contribution is -0.143. The van der Waals surface area contributed by atoms with Crippen molar-refractivity contribution in [3.63, 3.8) is 0 Å². The number of aliphatic hydroxyl groups is 1. The molecule has 1 N–H and O–H groups in total. The number of esters is 1. The predicted molar refractivity (Wildman–Crippen MR) is 183 cm³/mol. The largest absolute Gasteiger partial charge is 0.483 e. The number of aryl methyl sites for hydroxylation is 1. The van der Waals surface area contributed by atoms with Crippen molar-refractivity contribution in [3.05, 3.63) is 59.2 Å². The molecule has 3 aliphatic carbocycles. The standard InChI is InChI=1S/C40H54N2O5/c1-3-4-22-42(36(45)16-12-7-5-6-9-13-28-14-10-8-11-15-28)32-19-18-31-33-24-29-17-20-35(46-27(2)43)38-37(29)40(31,39(32)47-38)21-23-41(33)26-30-25-34(30)44/h8,10-11,14-15,17,20,30-34,39,44H,3-7,9,12-13,16,18-19,21-26H2,1-2H3/t30?,31-,32+,33+,34?,39-,40-/m0/s1. The zero-order chi connectivity index (χ0) is 32.5. The van der Waals surface area contributed by atoms with Crippen molar-refractivity contribution >= 4 is 11.9 Å². The molecule has 7 atom stereocenters. The van der Waals surface area contributed by atoms with Gasteiger partial charge in [-0.15, -0.1) is 0 Å². The summed E-state index contributed by atoms with van der Waals surface area (Å²) in [4.78, 5) is 31.1. The normalized spacial score (nSPS) is 29.9. The summed E-state index contributed by atoms with van der Waals surface area (Å²) in [6.07, 6.45) is 13.9. The summed E-state index contributed by atoms with van der Waals surface area (Å²) < 4.78 is 12.8. The first-order chi connectivity index (χ1) is 22.9. The maximum Gasteiger partial charge on any atom is 0.308 e. The van der Waals surface area contributed by atoms with Crippen LogP contribution in [0.15, 0.2) is 42.5 Å². The highest BCUT2D eigenvalue weighted by molar-refractivity contribution is 5.77. The molecule has 1 amide bonds. The molecular formula is C40H54N2O5. The Kier molecular flexibility index (Phi) is 9.66. The third-order valence-electron chi connectivity index (χ3n) is 12.2. The molecule has 2 heterocycles. The molecule has 7 heteroatoms. The van der Waals surface area contributed by atoms with E-state index in [0.29, 0.717) is 30.0 Å². The fourth-order valence-corrected chi connectivity index (χ4v) is 9.83. The van der Waals surface area contributed by atoms with Gasteiger partial charge in [0.15, 0.2) is 11.5 Å².